The summed E-state index contributed by atoms with van der Waals surface area (Å²) in [6, 6.07) is 22.8. The fourth-order valence-electron chi connectivity index (χ4n) is 6.91. The molecule has 0 saturated carbocycles. The zero-order chi connectivity index (χ0) is 48.1. The molecule has 0 radical (unpaired) electrons. The maximum Gasteiger partial charge on any atom is 0.347 e. The van der Waals surface area contributed by atoms with E-state index in [0.717, 1.165) is 36.8 Å². The van der Waals surface area contributed by atoms with Crippen molar-refractivity contribution < 1.29 is 38.2 Å². The molecule has 2 atom stereocenters. The van der Waals surface area contributed by atoms with Gasteiger partial charge in [-0.1, -0.05) is 137 Å². The van der Waals surface area contributed by atoms with Crippen molar-refractivity contribution in [1.29, 1.82) is 0 Å². The van der Waals surface area contributed by atoms with Crippen molar-refractivity contribution in [3.05, 3.63) is 123 Å². The fraction of sp³-hybridized carbons (Fsp3) is 0.400. The van der Waals surface area contributed by atoms with Gasteiger partial charge in [-0.05, 0) is 108 Å². The van der Waals surface area contributed by atoms with Crippen LogP contribution in [0.15, 0.2) is 90.1 Å². The number of amides is 2. The van der Waals surface area contributed by atoms with Gasteiger partial charge in [-0.15, -0.1) is 5.10 Å². The number of carbonyl (C=O) groups excluding carboxylic acids is 5. The van der Waals surface area contributed by atoms with E-state index in [4.69, 9.17) is 37.4 Å². The second-order valence-electron chi connectivity index (χ2n) is 16.1. The average molecular weight is 974 g/mol. The highest BCUT2D eigenvalue weighted by molar-refractivity contribution is 7.98. The van der Waals surface area contributed by atoms with Gasteiger partial charge in [0.2, 0.25) is 17.0 Å². The number of halogens is 2. The van der Waals surface area contributed by atoms with Gasteiger partial charge in [0.1, 0.15) is 11.7 Å². The molecule has 0 spiro atoms. The number of thioether (sulfide) groups is 1. The Kier molecular flexibility index (Phi) is 21.1. The molecule has 4 aromatic carbocycles. The summed E-state index contributed by atoms with van der Waals surface area (Å²) in [5.74, 6) is -4.08. The van der Waals surface area contributed by atoms with Crippen molar-refractivity contribution in [2.75, 3.05) is 17.2 Å². The Morgan fingerprint density at radius 1 is 0.701 bits per heavy atom. The van der Waals surface area contributed by atoms with Crippen molar-refractivity contribution in [1.82, 2.24) is 20.2 Å². The highest BCUT2D eigenvalue weighted by Gasteiger charge is 2.30. The Balaban J connectivity index is 1.22. The molecular formula is C50H58Cl2N6O8S. The Hall–Kier alpha value is -5.77. The number of aromatic nitrogens is 4. The van der Waals surface area contributed by atoms with Crippen LogP contribution in [0, 0.1) is 5.92 Å². The SMILES string of the molecule is CCCCCCCCCCCCOC(=O)C(C)OC(=O)c1ccc(Cl)c(NC(=O)C(Cc2cccc(C(=O)Oc3ccc(CSc4nnnn4C)cc3)c2)C(=O)Nc2cc(CC)ccc2Cl)c1. The van der Waals surface area contributed by atoms with E-state index in [0.29, 0.717) is 34.3 Å². The standard InChI is InChI=1S/C50H58Cl2N6O8S/c1-5-7-8-9-10-11-12-13-14-15-27-64-47(61)33(3)65-48(62)38-22-26-42(52)44(31-38)54-46(60)40(45(59)53-43-30-34(6-2)21-25-41(43)51)29-36-17-16-18-37(28-36)49(63)66-39-23-19-35(20-24-39)32-67-50-55-56-57-58(50)4/h16-26,28,30-31,33,40H,5-15,27,29,32H2,1-4H3,(H,53,59)(H,54,60). The number of nitrogens with one attached hydrogen (secondary N) is 2. The van der Waals surface area contributed by atoms with Gasteiger partial charge in [-0.2, -0.15) is 0 Å². The first-order valence-corrected chi connectivity index (χ1v) is 24.4. The molecule has 5 rings (SSSR count). The van der Waals surface area contributed by atoms with E-state index in [2.05, 4.69) is 33.1 Å². The Bertz CT molecular complexity index is 2450. The summed E-state index contributed by atoms with van der Waals surface area (Å²) in [6.07, 6.45) is 10.8. The fourth-order valence-corrected chi connectivity index (χ4v) is 8.04. The second-order valence-corrected chi connectivity index (χ2v) is 17.9. The van der Waals surface area contributed by atoms with Crippen molar-refractivity contribution in [2.24, 2.45) is 13.0 Å². The normalized spacial score (nSPS) is 11.9. The number of rotatable bonds is 26. The lowest BCUT2D eigenvalue weighted by Crippen LogP contribution is -2.35. The molecular weight excluding hydrogens is 916 g/mol. The Morgan fingerprint density at radius 2 is 1.31 bits per heavy atom. The number of unbranched alkanes of at least 4 members (excludes halogenated alkanes) is 9. The maximum atomic E-state index is 14.2. The van der Waals surface area contributed by atoms with E-state index in [1.54, 1.807) is 60.3 Å². The molecule has 0 saturated heterocycles. The number of benzene rings is 4. The number of aryl methyl sites for hydroxylation is 2. The van der Waals surface area contributed by atoms with Crippen molar-refractivity contribution >= 4 is 76.1 Å². The van der Waals surface area contributed by atoms with Crippen LogP contribution in [0.4, 0.5) is 11.4 Å². The van der Waals surface area contributed by atoms with Crippen LogP contribution in [0.2, 0.25) is 10.0 Å². The topological polar surface area (TPSA) is 181 Å². The van der Waals surface area contributed by atoms with E-state index in [-0.39, 0.29) is 39.9 Å². The number of carbonyl (C=O) groups is 5. The third-order valence-electron chi connectivity index (χ3n) is 10.8. The van der Waals surface area contributed by atoms with E-state index >= 15 is 0 Å². The van der Waals surface area contributed by atoms with E-state index in [9.17, 15) is 24.0 Å². The summed E-state index contributed by atoms with van der Waals surface area (Å²) in [6.45, 7) is 5.82. The number of anilines is 2. The van der Waals surface area contributed by atoms with Crippen molar-refractivity contribution in [2.45, 2.75) is 115 Å². The quantitative estimate of drug-likeness (QED) is 0.0176. The second kappa shape index (κ2) is 27.1. The lowest BCUT2D eigenvalue weighted by Gasteiger charge is -2.19. The van der Waals surface area contributed by atoms with Gasteiger partial charge in [0.05, 0.1) is 39.2 Å². The van der Waals surface area contributed by atoms with Crippen molar-refractivity contribution in [3.8, 4) is 5.75 Å². The number of ether oxygens (including phenoxy) is 3. The zero-order valence-corrected chi connectivity index (χ0v) is 40.7. The van der Waals surface area contributed by atoms with Crippen LogP contribution in [0.3, 0.4) is 0 Å². The molecule has 0 aliphatic rings. The minimum atomic E-state index is -1.40. The van der Waals surface area contributed by atoms with Crippen LogP contribution >= 0.6 is 35.0 Å². The average Bonchev–Trinajstić information content (AvgIpc) is 3.74. The molecule has 1 aromatic heterocycles. The monoisotopic (exact) mass is 972 g/mol. The highest BCUT2D eigenvalue weighted by atomic mass is 35.5. The van der Waals surface area contributed by atoms with Crippen LogP contribution in [0.1, 0.15) is 122 Å². The van der Waals surface area contributed by atoms with Gasteiger partial charge < -0.3 is 24.8 Å². The number of hydrogen-bond donors (Lipinski definition) is 2. The number of tetrazole rings is 1. The number of hydrogen-bond acceptors (Lipinski definition) is 12. The Morgan fingerprint density at radius 3 is 1.96 bits per heavy atom. The Labute approximate surface area is 406 Å². The van der Waals surface area contributed by atoms with Crippen LogP contribution in [-0.4, -0.2) is 62.6 Å². The maximum absolute atomic E-state index is 14.2. The van der Waals surface area contributed by atoms with Gasteiger partial charge in [0, 0.05) is 12.8 Å². The third-order valence-corrected chi connectivity index (χ3v) is 12.6. The lowest BCUT2D eigenvalue weighted by atomic mass is 9.95. The first-order chi connectivity index (χ1) is 32.3. The predicted molar refractivity (Wildman–Crippen MR) is 261 cm³/mol. The van der Waals surface area contributed by atoms with E-state index in [1.807, 2.05) is 25.1 Å². The summed E-state index contributed by atoms with van der Waals surface area (Å²) in [5.41, 5.74) is 2.88. The molecule has 5 aromatic rings. The van der Waals surface area contributed by atoms with Gasteiger partial charge in [0.15, 0.2) is 6.10 Å². The largest absolute Gasteiger partial charge is 0.463 e. The molecule has 0 aliphatic carbocycles. The molecule has 67 heavy (non-hydrogen) atoms. The smallest absolute Gasteiger partial charge is 0.347 e. The number of esters is 3. The lowest BCUT2D eigenvalue weighted by molar-refractivity contribution is -0.153. The summed E-state index contributed by atoms with van der Waals surface area (Å²) < 4.78 is 18.0. The molecule has 0 aliphatic heterocycles. The molecule has 0 bridgehead atoms. The molecule has 2 N–H and O–H groups in total. The molecule has 17 heteroatoms. The molecule has 0 fully saturated rings. The first-order valence-electron chi connectivity index (χ1n) is 22.7. The van der Waals surface area contributed by atoms with Gasteiger partial charge >= 0.3 is 17.9 Å². The molecule has 356 valence electrons. The van der Waals surface area contributed by atoms with E-state index < -0.39 is 41.7 Å². The molecule has 1 heterocycles. The van der Waals surface area contributed by atoms with Crippen LogP contribution in [-0.2, 0) is 49.5 Å². The predicted octanol–water partition coefficient (Wildman–Crippen LogP) is 11.0. The van der Waals surface area contributed by atoms with Gasteiger partial charge in [-0.3, -0.25) is 9.59 Å². The first kappa shape index (κ1) is 52.2. The summed E-state index contributed by atoms with van der Waals surface area (Å²) >= 11 is 14.5. The van der Waals surface area contributed by atoms with Gasteiger partial charge in [0.25, 0.3) is 0 Å². The minimum Gasteiger partial charge on any atom is -0.463 e. The number of nitrogens with zero attached hydrogens (tertiary/aromatic N) is 4. The minimum absolute atomic E-state index is 0.00235. The summed E-state index contributed by atoms with van der Waals surface area (Å²) in [7, 11) is 1.76. The summed E-state index contributed by atoms with van der Waals surface area (Å²) in [5, 5.41) is 17.9. The molecule has 2 amide bonds. The zero-order valence-electron chi connectivity index (χ0n) is 38.4. The van der Waals surface area contributed by atoms with Gasteiger partial charge in [-0.25, -0.2) is 19.1 Å². The molecule has 14 nitrogen and oxygen atoms in total. The highest BCUT2D eigenvalue weighted by Crippen LogP contribution is 2.28. The summed E-state index contributed by atoms with van der Waals surface area (Å²) in [4.78, 5) is 67.5. The molecule has 2 unspecified atom stereocenters. The van der Waals surface area contributed by atoms with Crippen molar-refractivity contribution in [3.63, 3.8) is 0 Å². The van der Waals surface area contributed by atoms with Crippen LogP contribution in [0.5, 0.6) is 5.75 Å². The van der Waals surface area contributed by atoms with Crippen LogP contribution in [0.25, 0.3) is 0 Å². The van der Waals surface area contributed by atoms with E-state index in [1.165, 1.54) is 75.4 Å². The van der Waals surface area contributed by atoms with Crippen LogP contribution < -0.4 is 15.4 Å². The third kappa shape index (κ3) is 16.8.